The van der Waals surface area contributed by atoms with Gasteiger partial charge >= 0.3 is 0 Å². The van der Waals surface area contributed by atoms with Crippen molar-refractivity contribution in [3.05, 3.63) is 17.5 Å². The molecule has 0 spiro atoms. The fourth-order valence-corrected chi connectivity index (χ4v) is 2.19. The van der Waals surface area contributed by atoms with Crippen molar-refractivity contribution >= 4 is 17.5 Å². The Labute approximate surface area is 120 Å². The summed E-state index contributed by atoms with van der Waals surface area (Å²) < 4.78 is 1.63. The Morgan fingerprint density at radius 1 is 1.53 bits per heavy atom. The molecule has 1 rings (SSSR count). The lowest BCUT2D eigenvalue weighted by Crippen LogP contribution is -2.44. The van der Waals surface area contributed by atoms with Crippen LogP contribution in [0.15, 0.2) is 6.07 Å². The molecule has 1 aromatic heterocycles. The number of nitrogens with zero attached hydrogens (tertiary/aromatic N) is 2. The van der Waals surface area contributed by atoms with E-state index >= 15 is 0 Å². The summed E-state index contributed by atoms with van der Waals surface area (Å²) in [7, 11) is 1.79. The summed E-state index contributed by atoms with van der Waals surface area (Å²) in [6.07, 6.45) is 1.58. The average Bonchev–Trinajstić information content (AvgIpc) is 2.68. The van der Waals surface area contributed by atoms with E-state index < -0.39 is 0 Å². The first kappa shape index (κ1) is 16.0. The van der Waals surface area contributed by atoms with E-state index in [2.05, 4.69) is 31.2 Å². The van der Waals surface area contributed by atoms with Crippen LogP contribution in [-0.4, -0.2) is 27.6 Å². The molecule has 0 aliphatic carbocycles. The summed E-state index contributed by atoms with van der Waals surface area (Å²) in [6.45, 7) is 8.33. The maximum absolute atomic E-state index is 12.3. The Kier molecular flexibility index (Phi) is 5.41. The zero-order valence-corrected chi connectivity index (χ0v) is 13.2. The highest BCUT2D eigenvalue weighted by molar-refractivity contribution is 6.17. The molecule has 0 fully saturated rings. The van der Waals surface area contributed by atoms with E-state index in [-0.39, 0.29) is 17.4 Å². The molecule has 1 unspecified atom stereocenters. The number of halogens is 1. The van der Waals surface area contributed by atoms with Crippen LogP contribution in [0.1, 0.15) is 50.3 Å². The molecule has 0 bridgehead atoms. The third kappa shape index (κ3) is 4.23. The van der Waals surface area contributed by atoms with E-state index in [9.17, 15) is 4.79 Å². The van der Waals surface area contributed by atoms with Gasteiger partial charge in [-0.3, -0.25) is 9.48 Å². The van der Waals surface area contributed by atoms with Crippen LogP contribution in [0.3, 0.4) is 0 Å². The second kappa shape index (κ2) is 6.42. The van der Waals surface area contributed by atoms with Crippen LogP contribution in [0.4, 0.5) is 0 Å². The molecule has 1 heterocycles. The summed E-state index contributed by atoms with van der Waals surface area (Å²) in [4.78, 5) is 12.3. The molecule has 1 aromatic rings. The molecule has 0 aromatic carbocycles. The first-order valence-corrected chi connectivity index (χ1v) is 7.22. The van der Waals surface area contributed by atoms with E-state index in [0.29, 0.717) is 11.6 Å². The predicted octanol–water partition coefficient (Wildman–Crippen LogP) is 2.76. The van der Waals surface area contributed by atoms with E-state index in [1.807, 2.05) is 13.0 Å². The predicted molar refractivity (Wildman–Crippen MR) is 78.6 cm³/mol. The highest BCUT2D eigenvalue weighted by atomic mass is 35.5. The first-order chi connectivity index (χ1) is 8.79. The summed E-state index contributed by atoms with van der Waals surface area (Å²) in [5, 5.41) is 7.36. The summed E-state index contributed by atoms with van der Waals surface area (Å²) in [5.41, 5.74) is 1.51. The second-order valence-electron chi connectivity index (χ2n) is 5.87. The van der Waals surface area contributed by atoms with Crippen LogP contribution in [0.2, 0.25) is 0 Å². The lowest BCUT2D eigenvalue weighted by atomic mass is 9.85. The number of alkyl halides is 1. The van der Waals surface area contributed by atoms with Crippen LogP contribution in [0, 0.1) is 5.41 Å². The number of carbonyl (C=O) groups excluding carboxylic acids is 1. The second-order valence-corrected chi connectivity index (χ2v) is 6.25. The molecule has 0 radical (unpaired) electrons. The third-order valence-corrected chi connectivity index (χ3v) is 3.49. The van der Waals surface area contributed by atoms with Gasteiger partial charge in [0.25, 0.3) is 5.91 Å². The van der Waals surface area contributed by atoms with Gasteiger partial charge in [0, 0.05) is 19.0 Å². The molecular formula is C14H24ClN3O. The minimum absolute atomic E-state index is 0.0171. The van der Waals surface area contributed by atoms with Crippen molar-refractivity contribution in [3.63, 3.8) is 0 Å². The Morgan fingerprint density at radius 3 is 2.58 bits per heavy atom. The molecule has 1 amide bonds. The number of amides is 1. The van der Waals surface area contributed by atoms with Gasteiger partial charge in [-0.15, -0.1) is 11.6 Å². The van der Waals surface area contributed by atoms with Gasteiger partial charge in [0.2, 0.25) is 0 Å². The SMILES string of the molecule is CCc1cc(C(=O)NC(CCCl)C(C)(C)C)n(C)n1. The summed E-state index contributed by atoms with van der Waals surface area (Å²) >= 11 is 5.82. The standard InChI is InChI=1S/C14H24ClN3O/c1-6-10-9-11(18(5)17-10)13(19)16-12(7-8-15)14(2,3)4/h9,12H,6-8H2,1-5H3,(H,16,19). The molecule has 1 N–H and O–H groups in total. The summed E-state index contributed by atoms with van der Waals surface area (Å²) in [5.74, 6) is 0.452. The molecule has 1 atom stereocenters. The number of hydrogen-bond donors (Lipinski definition) is 1. The van der Waals surface area contributed by atoms with Gasteiger partial charge in [-0.05, 0) is 24.3 Å². The smallest absolute Gasteiger partial charge is 0.269 e. The molecular weight excluding hydrogens is 262 g/mol. The van der Waals surface area contributed by atoms with Crippen molar-refractivity contribution in [2.24, 2.45) is 12.5 Å². The summed E-state index contributed by atoms with van der Waals surface area (Å²) in [6, 6.07) is 1.90. The van der Waals surface area contributed by atoms with Gasteiger partial charge in [-0.2, -0.15) is 5.10 Å². The monoisotopic (exact) mass is 285 g/mol. The number of aromatic nitrogens is 2. The lowest BCUT2D eigenvalue weighted by molar-refractivity contribution is 0.0891. The van der Waals surface area contributed by atoms with E-state index in [1.165, 1.54) is 0 Å². The lowest BCUT2D eigenvalue weighted by Gasteiger charge is -2.31. The molecule has 108 valence electrons. The normalized spacial score (nSPS) is 13.4. The largest absolute Gasteiger partial charge is 0.347 e. The minimum atomic E-state index is -0.0836. The van der Waals surface area contributed by atoms with Gasteiger partial charge in [-0.25, -0.2) is 0 Å². The van der Waals surface area contributed by atoms with Crippen molar-refractivity contribution in [1.82, 2.24) is 15.1 Å². The van der Waals surface area contributed by atoms with E-state index in [1.54, 1.807) is 11.7 Å². The Balaban J connectivity index is 2.84. The van der Waals surface area contributed by atoms with Crippen LogP contribution in [0.25, 0.3) is 0 Å². The molecule has 0 aliphatic heterocycles. The zero-order chi connectivity index (χ0) is 14.6. The van der Waals surface area contributed by atoms with Gasteiger partial charge in [-0.1, -0.05) is 27.7 Å². The molecule has 5 heteroatoms. The quantitative estimate of drug-likeness (QED) is 0.846. The van der Waals surface area contributed by atoms with Gasteiger partial charge in [0.1, 0.15) is 5.69 Å². The number of rotatable bonds is 5. The van der Waals surface area contributed by atoms with E-state index in [0.717, 1.165) is 18.5 Å². The fourth-order valence-electron chi connectivity index (χ4n) is 1.97. The fraction of sp³-hybridized carbons (Fsp3) is 0.714. The minimum Gasteiger partial charge on any atom is -0.347 e. The average molecular weight is 286 g/mol. The van der Waals surface area contributed by atoms with E-state index in [4.69, 9.17) is 11.6 Å². The van der Waals surface area contributed by atoms with Gasteiger partial charge in [0.05, 0.1) is 5.69 Å². The van der Waals surface area contributed by atoms with Gasteiger partial charge in [0.15, 0.2) is 0 Å². The maximum Gasteiger partial charge on any atom is 0.269 e. The van der Waals surface area contributed by atoms with Gasteiger partial charge < -0.3 is 5.32 Å². The Hall–Kier alpha value is -1.03. The first-order valence-electron chi connectivity index (χ1n) is 6.69. The molecule has 0 aliphatic rings. The highest BCUT2D eigenvalue weighted by Crippen LogP contribution is 2.22. The van der Waals surface area contributed by atoms with Crippen LogP contribution < -0.4 is 5.32 Å². The molecule has 4 nitrogen and oxygen atoms in total. The Morgan fingerprint density at radius 2 is 2.16 bits per heavy atom. The highest BCUT2D eigenvalue weighted by Gasteiger charge is 2.27. The number of aryl methyl sites for hydroxylation is 2. The van der Waals surface area contributed by atoms with Crippen molar-refractivity contribution in [3.8, 4) is 0 Å². The zero-order valence-electron chi connectivity index (χ0n) is 12.5. The topological polar surface area (TPSA) is 46.9 Å². The number of carbonyl (C=O) groups is 1. The van der Waals surface area contributed by atoms with Crippen LogP contribution in [0.5, 0.6) is 0 Å². The van der Waals surface area contributed by atoms with Crippen molar-refractivity contribution < 1.29 is 4.79 Å². The van der Waals surface area contributed by atoms with Crippen molar-refractivity contribution in [1.29, 1.82) is 0 Å². The van der Waals surface area contributed by atoms with Crippen LogP contribution >= 0.6 is 11.6 Å². The molecule has 0 saturated heterocycles. The number of nitrogens with one attached hydrogen (secondary N) is 1. The Bertz CT molecular complexity index is 434. The molecule has 19 heavy (non-hydrogen) atoms. The molecule has 0 saturated carbocycles. The number of hydrogen-bond acceptors (Lipinski definition) is 2. The van der Waals surface area contributed by atoms with Crippen molar-refractivity contribution in [2.75, 3.05) is 5.88 Å². The maximum atomic E-state index is 12.3. The van der Waals surface area contributed by atoms with Crippen LogP contribution in [-0.2, 0) is 13.5 Å². The third-order valence-electron chi connectivity index (χ3n) is 3.27. The van der Waals surface area contributed by atoms with Crippen molar-refractivity contribution in [2.45, 2.75) is 46.6 Å².